The van der Waals surface area contributed by atoms with Crippen molar-refractivity contribution in [3.63, 3.8) is 0 Å². The summed E-state index contributed by atoms with van der Waals surface area (Å²) in [6.45, 7) is 0. The number of alkyl halides is 3. The normalized spacial score (nSPS) is 11.4. The molecule has 0 atom stereocenters. The maximum atomic E-state index is 13.8. The number of nitriles is 1. The highest BCUT2D eigenvalue weighted by Crippen LogP contribution is 2.33. The molecule has 0 aliphatic rings. The van der Waals surface area contributed by atoms with Gasteiger partial charge in [0.25, 0.3) is 5.56 Å². The molecule has 0 spiro atoms. The molecular formula is C26H13F4N5O2. The maximum absolute atomic E-state index is 13.8. The summed E-state index contributed by atoms with van der Waals surface area (Å²) < 4.78 is 56.7. The van der Waals surface area contributed by atoms with Gasteiger partial charge in [-0.15, -0.1) is 0 Å². The topological polar surface area (TPSA) is 93.6 Å². The Morgan fingerprint density at radius 2 is 1.68 bits per heavy atom. The molecule has 7 nitrogen and oxygen atoms in total. The number of benzene rings is 3. The highest BCUT2D eigenvalue weighted by Gasteiger charge is 2.39. The van der Waals surface area contributed by atoms with Crippen LogP contribution in [0.2, 0.25) is 0 Å². The second-order valence-electron chi connectivity index (χ2n) is 7.90. The van der Waals surface area contributed by atoms with Gasteiger partial charge in [-0.2, -0.15) is 23.5 Å². The number of carbonyl (C=O) groups excluding carboxylic acids is 1. The van der Waals surface area contributed by atoms with E-state index in [1.165, 1.54) is 0 Å². The van der Waals surface area contributed by atoms with Gasteiger partial charge < -0.3 is 0 Å². The fourth-order valence-electron chi connectivity index (χ4n) is 3.96. The lowest BCUT2D eigenvalue weighted by molar-refractivity contribution is -0.140. The second kappa shape index (κ2) is 8.83. The molecule has 2 heterocycles. The Hall–Kier alpha value is -5.11. The minimum absolute atomic E-state index is 0.115. The zero-order chi connectivity index (χ0) is 26.3. The van der Waals surface area contributed by atoms with Crippen LogP contribution in [0.15, 0.2) is 77.9 Å². The van der Waals surface area contributed by atoms with E-state index >= 15 is 0 Å². The highest BCUT2D eigenvalue weighted by molar-refractivity contribution is 5.87. The molecular weight excluding hydrogens is 490 g/mol. The molecule has 0 saturated carbocycles. The van der Waals surface area contributed by atoms with Crippen LogP contribution in [0.4, 0.5) is 17.6 Å². The van der Waals surface area contributed by atoms with Crippen LogP contribution in [0.3, 0.4) is 0 Å². The van der Waals surface area contributed by atoms with E-state index in [4.69, 9.17) is 5.26 Å². The van der Waals surface area contributed by atoms with Crippen LogP contribution >= 0.6 is 0 Å². The van der Waals surface area contributed by atoms with E-state index < -0.39 is 39.8 Å². The van der Waals surface area contributed by atoms with E-state index in [1.807, 2.05) is 0 Å². The summed E-state index contributed by atoms with van der Waals surface area (Å²) in [6.07, 6.45) is -3.25. The SMILES string of the molecule is N#Cc1cc(-n2nc(C(F)(F)F)c3ncn(-c4ccc(-c5ccccc5C=O)cc4)c(=O)c32)ccc1F. The van der Waals surface area contributed by atoms with Crippen LogP contribution in [0.5, 0.6) is 0 Å². The molecule has 3 aromatic carbocycles. The summed E-state index contributed by atoms with van der Waals surface area (Å²) in [5.74, 6) is -0.870. The lowest BCUT2D eigenvalue weighted by Gasteiger charge is -2.09. The molecule has 5 aromatic rings. The first kappa shape index (κ1) is 23.6. The lowest BCUT2D eigenvalue weighted by atomic mass is 10.0. The summed E-state index contributed by atoms with van der Waals surface area (Å²) in [5.41, 5.74) is -1.86. The van der Waals surface area contributed by atoms with Crippen LogP contribution in [0, 0.1) is 17.1 Å². The molecule has 2 aromatic heterocycles. The van der Waals surface area contributed by atoms with Crippen molar-refractivity contribution in [2.45, 2.75) is 6.18 Å². The van der Waals surface area contributed by atoms with E-state index in [2.05, 4.69) is 10.1 Å². The molecule has 0 aliphatic carbocycles. The number of rotatable bonds is 4. The van der Waals surface area contributed by atoms with Gasteiger partial charge in [-0.1, -0.05) is 36.4 Å². The van der Waals surface area contributed by atoms with Crippen LogP contribution in [-0.2, 0) is 6.18 Å². The van der Waals surface area contributed by atoms with Gasteiger partial charge in [0, 0.05) is 5.56 Å². The van der Waals surface area contributed by atoms with E-state index in [0.717, 1.165) is 35.4 Å². The monoisotopic (exact) mass is 503 g/mol. The van der Waals surface area contributed by atoms with Crippen molar-refractivity contribution >= 4 is 17.3 Å². The first-order chi connectivity index (χ1) is 17.7. The predicted octanol–water partition coefficient (Wildman–Crippen LogP) is 5.08. The van der Waals surface area contributed by atoms with Crippen LogP contribution in [-0.4, -0.2) is 25.6 Å². The van der Waals surface area contributed by atoms with Crippen molar-refractivity contribution in [2.24, 2.45) is 0 Å². The summed E-state index contributed by atoms with van der Waals surface area (Å²) in [5, 5.41) is 12.7. The Kier molecular flexibility index (Phi) is 5.64. The van der Waals surface area contributed by atoms with Gasteiger partial charge in [-0.25, -0.2) is 14.1 Å². The van der Waals surface area contributed by atoms with Gasteiger partial charge in [0.05, 0.1) is 16.9 Å². The highest BCUT2D eigenvalue weighted by atomic mass is 19.4. The van der Waals surface area contributed by atoms with Gasteiger partial charge in [0.15, 0.2) is 17.5 Å². The molecule has 0 bridgehead atoms. The van der Waals surface area contributed by atoms with Crippen LogP contribution in [0.1, 0.15) is 21.6 Å². The number of fused-ring (bicyclic) bond motifs is 1. The van der Waals surface area contributed by atoms with Crippen molar-refractivity contribution < 1.29 is 22.4 Å². The number of hydrogen-bond donors (Lipinski definition) is 0. The fraction of sp³-hybridized carbons (Fsp3) is 0.0385. The minimum atomic E-state index is -4.93. The van der Waals surface area contributed by atoms with Gasteiger partial charge in [0.1, 0.15) is 23.7 Å². The van der Waals surface area contributed by atoms with Crippen molar-refractivity contribution in [2.75, 3.05) is 0 Å². The standard InChI is InChI=1S/C26H13F4N5O2/c27-21-10-9-19(11-17(21)12-31)35-23-22(24(33-35)26(28,29)30)32-14-34(25(23)37)18-7-5-15(6-8-18)20-4-2-1-3-16(20)13-36/h1-11,13-14H. The summed E-state index contributed by atoms with van der Waals surface area (Å²) in [4.78, 5) is 28.7. The van der Waals surface area contributed by atoms with E-state index in [1.54, 1.807) is 54.6 Å². The van der Waals surface area contributed by atoms with Crippen molar-refractivity contribution in [1.29, 1.82) is 5.26 Å². The number of hydrogen-bond acceptors (Lipinski definition) is 5. The summed E-state index contributed by atoms with van der Waals surface area (Å²) in [6, 6.07) is 18.0. The molecule has 0 unspecified atom stereocenters. The second-order valence-corrected chi connectivity index (χ2v) is 7.90. The molecule has 11 heteroatoms. The van der Waals surface area contributed by atoms with Crippen molar-refractivity contribution in [1.82, 2.24) is 19.3 Å². The van der Waals surface area contributed by atoms with Crippen LogP contribution < -0.4 is 5.56 Å². The minimum Gasteiger partial charge on any atom is -0.298 e. The number of aromatic nitrogens is 4. The first-order valence-electron chi connectivity index (χ1n) is 10.7. The molecule has 0 aliphatic heterocycles. The van der Waals surface area contributed by atoms with E-state index in [9.17, 15) is 27.2 Å². The van der Waals surface area contributed by atoms with Gasteiger partial charge >= 0.3 is 6.18 Å². The molecule has 37 heavy (non-hydrogen) atoms. The third kappa shape index (κ3) is 4.04. The number of halogens is 4. The van der Waals surface area contributed by atoms with Crippen LogP contribution in [0.25, 0.3) is 33.5 Å². The molecule has 0 fully saturated rings. The molecule has 5 rings (SSSR count). The number of aldehydes is 1. The average molecular weight is 503 g/mol. The molecule has 0 amide bonds. The third-order valence-electron chi connectivity index (χ3n) is 5.71. The third-order valence-corrected chi connectivity index (χ3v) is 5.71. The molecule has 0 N–H and O–H groups in total. The smallest absolute Gasteiger partial charge is 0.298 e. The molecule has 0 radical (unpaired) electrons. The van der Waals surface area contributed by atoms with Gasteiger partial charge in [-0.05, 0) is 41.5 Å². The zero-order valence-corrected chi connectivity index (χ0v) is 18.6. The van der Waals surface area contributed by atoms with E-state index in [-0.39, 0.29) is 5.69 Å². The average Bonchev–Trinajstić information content (AvgIpc) is 3.31. The summed E-state index contributed by atoms with van der Waals surface area (Å²) in [7, 11) is 0. The first-order valence-corrected chi connectivity index (χ1v) is 10.7. The predicted molar refractivity (Wildman–Crippen MR) is 125 cm³/mol. The van der Waals surface area contributed by atoms with E-state index in [0.29, 0.717) is 27.1 Å². The Morgan fingerprint density at radius 1 is 0.973 bits per heavy atom. The van der Waals surface area contributed by atoms with Crippen molar-refractivity contribution in [3.8, 4) is 28.6 Å². The fourth-order valence-corrected chi connectivity index (χ4v) is 3.96. The van der Waals surface area contributed by atoms with Gasteiger partial charge in [-0.3, -0.25) is 14.2 Å². The number of nitrogens with zero attached hydrogens (tertiary/aromatic N) is 5. The molecule has 182 valence electrons. The quantitative estimate of drug-likeness (QED) is 0.252. The summed E-state index contributed by atoms with van der Waals surface area (Å²) >= 11 is 0. The Balaban J connectivity index is 1.70. The Labute approximate surface area is 205 Å². The maximum Gasteiger partial charge on any atom is 0.437 e. The largest absolute Gasteiger partial charge is 0.437 e. The Morgan fingerprint density at radius 3 is 2.35 bits per heavy atom. The lowest BCUT2D eigenvalue weighted by Crippen LogP contribution is -2.21. The molecule has 0 saturated heterocycles. The Bertz CT molecular complexity index is 1780. The zero-order valence-electron chi connectivity index (χ0n) is 18.6. The number of carbonyl (C=O) groups is 1. The van der Waals surface area contributed by atoms with Crippen molar-refractivity contribution in [3.05, 3.63) is 106 Å². The van der Waals surface area contributed by atoms with Gasteiger partial charge in [0.2, 0.25) is 0 Å².